The number of nitrogens with one attached hydrogen (secondary N) is 1. The third-order valence-corrected chi connectivity index (χ3v) is 5.15. The Bertz CT molecular complexity index is 873. The highest BCUT2D eigenvalue weighted by Crippen LogP contribution is 2.31. The van der Waals surface area contributed by atoms with E-state index in [-0.39, 0.29) is 11.8 Å². The van der Waals surface area contributed by atoms with Crippen LogP contribution in [0.15, 0.2) is 36.0 Å². The Morgan fingerprint density at radius 2 is 2.44 bits per heavy atom. The summed E-state index contributed by atoms with van der Waals surface area (Å²) in [6.45, 7) is 0.974. The zero-order valence-corrected chi connectivity index (χ0v) is 14.7. The third-order valence-electron chi connectivity index (χ3n) is 4.37. The van der Waals surface area contributed by atoms with Gasteiger partial charge in [-0.15, -0.1) is 11.3 Å². The maximum absolute atomic E-state index is 12.4. The van der Waals surface area contributed by atoms with Crippen LogP contribution in [0.5, 0.6) is 11.5 Å². The highest BCUT2D eigenvalue weighted by Gasteiger charge is 2.26. The van der Waals surface area contributed by atoms with Gasteiger partial charge in [0.2, 0.25) is 5.91 Å². The van der Waals surface area contributed by atoms with Crippen molar-refractivity contribution in [3.63, 3.8) is 0 Å². The number of carbonyl (C=O) groups excluding carboxylic acids is 1. The fraction of sp³-hybridized carbons (Fsp3) is 0.333. The summed E-state index contributed by atoms with van der Waals surface area (Å²) in [5, 5.41) is 5.01. The molecule has 0 saturated heterocycles. The van der Waals surface area contributed by atoms with Crippen LogP contribution in [0.1, 0.15) is 11.3 Å². The van der Waals surface area contributed by atoms with Gasteiger partial charge in [-0.25, -0.2) is 4.98 Å². The number of hydrogen-bond acceptors (Lipinski definition) is 5. The lowest BCUT2D eigenvalue weighted by molar-refractivity contribution is -0.126. The summed E-state index contributed by atoms with van der Waals surface area (Å²) in [6, 6.07) is 5.73. The number of ether oxygens (including phenoxy) is 2. The highest BCUT2D eigenvalue weighted by atomic mass is 32.1. The van der Waals surface area contributed by atoms with Crippen LogP contribution in [0.4, 0.5) is 0 Å². The smallest absolute Gasteiger partial charge is 0.226 e. The zero-order chi connectivity index (χ0) is 17.2. The third kappa shape index (κ3) is 3.32. The molecule has 1 N–H and O–H groups in total. The summed E-state index contributed by atoms with van der Waals surface area (Å²) >= 11 is 1.61. The molecule has 6 nitrogen and oxygen atoms in total. The van der Waals surface area contributed by atoms with Crippen molar-refractivity contribution in [2.45, 2.75) is 12.8 Å². The van der Waals surface area contributed by atoms with Crippen molar-refractivity contribution in [2.24, 2.45) is 5.92 Å². The van der Waals surface area contributed by atoms with Crippen molar-refractivity contribution in [1.82, 2.24) is 14.7 Å². The molecular formula is C18H19N3O3S. The maximum atomic E-state index is 12.4. The summed E-state index contributed by atoms with van der Waals surface area (Å²) in [7, 11) is 1.63. The quantitative estimate of drug-likeness (QED) is 0.761. The van der Waals surface area contributed by atoms with E-state index in [1.807, 2.05) is 40.4 Å². The van der Waals surface area contributed by atoms with Crippen molar-refractivity contribution in [1.29, 1.82) is 0 Å². The first-order valence-electron chi connectivity index (χ1n) is 8.21. The molecule has 0 spiro atoms. The van der Waals surface area contributed by atoms with Gasteiger partial charge in [0.15, 0.2) is 4.96 Å². The van der Waals surface area contributed by atoms with E-state index in [2.05, 4.69) is 10.3 Å². The van der Waals surface area contributed by atoms with E-state index in [4.69, 9.17) is 9.47 Å². The predicted octanol–water partition coefficient (Wildman–Crippen LogP) is 2.31. The van der Waals surface area contributed by atoms with E-state index >= 15 is 0 Å². The molecule has 1 aliphatic heterocycles. The van der Waals surface area contributed by atoms with Gasteiger partial charge in [0, 0.05) is 36.8 Å². The Hall–Kier alpha value is -2.54. The minimum absolute atomic E-state index is 0.0301. The molecule has 1 atom stereocenters. The Labute approximate surface area is 149 Å². The number of imidazole rings is 1. The number of nitrogens with zero attached hydrogens (tertiary/aromatic N) is 2. The lowest BCUT2D eigenvalue weighted by Crippen LogP contribution is -2.38. The minimum Gasteiger partial charge on any atom is -0.497 e. The molecule has 0 unspecified atom stereocenters. The summed E-state index contributed by atoms with van der Waals surface area (Å²) in [5.74, 6) is 1.44. The number of aromatic nitrogens is 2. The van der Waals surface area contributed by atoms with Crippen LogP contribution in [0.3, 0.4) is 0 Å². The minimum atomic E-state index is -0.161. The van der Waals surface area contributed by atoms with Gasteiger partial charge in [-0.3, -0.25) is 9.20 Å². The van der Waals surface area contributed by atoms with Crippen molar-refractivity contribution in [3.05, 3.63) is 47.2 Å². The number of fused-ring (bicyclic) bond motifs is 2. The molecular weight excluding hydrogens is 338 g/mol. The number of carbonyl (C=O) groups is 1. The molecule has 2 aromatic heterocycles. The maximum Gasteiger partial charge on any atom is 0.226 e. The van der Waals surface area contributed by atoms with Gasteiger partial charge in [-0.05, 0) is 18.1 Å². The molecule has 1 aromatic carbocycles. The SMILES string of the molecule is COc1ccc2c(c1)OC[C@H](C(=O)NCCc1cn3ccsc3n1)C2. The number of hydrogen-bond donors (Lipinski definition) is 1. The Morgan fingerprint density at radius 1 is 1.52 bits per heavy atom. The number of thiazole rings is 1. The van der Waals surface area contributed by atoms with Crippen molar-refractivity contribution in [3.8, 4) is 11.5 Å². The topological polar surface area (TPSA) is 64.9 Å². The van der Waals surface area contributed by atoms with Crippen molar-refractivity contribution < 1.29 is 14.3 Å². The van der Waals surface area contributed by atoms with Crippen LogP contribution in [0.2, 0.25) is 0 Å². The van der Waals surface area contributed by atoms with Gasteiger partial charge in [0.05, 0.1) is 18.7 Å². The number of methoxy groups -OCH3 is 1. The first kappa shape index (κ1) is 16.0. The van der Waals surface area contributed by atoms with Crippen LogP contribution in [0, 0.1) is 5.92 Å². The Kier molecular flexibility index (Phi) is 4.31. The number of benzene rings is 1. The fourth-order valence-corrected chi connectivity index (χ4v) is 3.72. The molecule has 3 heterocycles. The molecule has 0 bridgehead atoms. The number of amides is 1. The van der Waals surface area contributed by atoms with Gasteiger partial charge in [0.25, 0.3) is 0 Å². The largest absolute Gasteiger partial charge is 0.497 e. The van der Waals surface area contributed by atoms with Crippen LogP contribution >= 0.6 is 11.3 Å². The van der Waals surface area contributed by atoms with Crippen molar-refractivity contribution >= 4 is 22.2 Å². The standard InChI is InChI=1S/C18H19N3O3S/c1-23-15-3-2-12-8-13(11-24-16(12)9-15)17(22)19-5-4-14-10-21-6-7-25-18(21)20-14/h2-3,6-7,9-10,13H,4-5,8,11H2,1H3,(H,19,22)/t13-/m1/s1. The lowest BCUT2D eigenvalue weighted by atomic mass is 9.96. The Balaban J connectivity index is 1.31. The molecule has 4 rings (SSSR count). The van der Waals surface area contributed by atoms with Crippen LogP contribution < -0.4 is 14.8 Å². The lowest BCUT2D eigenvalue weighted by Gasteiger charge is -2.25. The second-order valence-electron chi connectivity index (χ2n) is 6.05. The summed E-state index contributed by atoms with van der Waals surface area (Å²) in [6.07, 6.45) is 5.40. The van der Waals surface area contributed by atoms with E-state index in [1.54, 1.807) is 18.4 Å². The van der Waals surface area contributed by atoms with Gasteiger partial charge in [-0.2, -0.15) is 0 Å². The molecule has 1 amide bonds. The summed E-state index contributed by atoms with van der Waals surface area (Å²) in [5.41, 5.74) is 2.03. The first-order valence-corrected chi connectivity index (χ1v) is 9.09. The summed E-state index contributed by atoms with van der Waals surface area (Å²) < 4.78 is 12.9. The zero-order valence-electron chi connectivity index (χ0n) is 13.9. The normalized spacial score (nSPS) is 16.3. The van der Waals surface area contributed by atoms with Gasteiger partial charge < -0.3 is 14.8 Å². The second-order valence-corrected chi connectivity index (χ2v) is 6.92. The van der Waals surface area contributed by atoms with E-state index < -0.39 is 0 Å². The van der Waals surface area contributed by atoms with E-state index in [0.717, 1.165) is 34.1 Å². The van der Waals surface area contributed by atoms with Gasteiger partial charge >= 0.3 is 0 Å². The first-order chi connectivity index (χ1) is 12.2. The molecule has 0 radical (unpaired) electrons. The van der Waals surface area contributed by atoms with Gasteiger partial charge in [0.1, 0.15) is 18.1 Å². The molecule has 0 aliphatic carbocycles. The average Bonchev–Trinajstić information content (AvgIpc) is 3.22. The van der Waals surface area contributed by atoms with E-state index in [0.29, 0.717) is 19.6 Å². The van der Waals surface area contributed by atoms with Crippen LogP contribution in [0.25, 0.3) is 4.96 Å². The second kappa shape index (κ2) is 6.76. The van der Waals surface area contributed by atoms with Crippen LogP contribution in [-0.4, -0.2) is 35.6 Å². The van der Waals surface area contributed by atoms with Crippen LogP contribution in [-0.2, 0) is 17.6 Å². The average molecular weight is 357 g/mol. The Morgan fingerprint density at radius 3 is 3.28 bits per heavy atom. The molecule has 130 valence electrons. The van der Waals surface area contributed by atoms with E-state index in [1.165, 1.54) is 0 Å². The van der Waals surface area contributed by atoms with E-state index in [9.17, 15) is 4.79 Å². The van der Waals surface area contributed by atoms with Crippen molar-refractivity contribution in [2.75, 3.05) is 20.3 Å². The van der Waals surface area contributed by atoms with Gasteiger partial charge in [-0.1, -0.05) is 6.07 Å². The predicted molar refractivity (Wildman–Crippen MR) is 95.5 cm³/mol. The monoisotopic (exact) mass is 357 g/mol. The molecule has 1 aliphatic rings. The molecule has 0 fully saturated rings. The number of rotatable bonds is 5. The molecule has 0 saturated carbocycles. The molecule has 25 heavy (non-hydrogen) atoms. The molecule has 7 heteroatoms. The fourth-order valence-electron chi connectivity index (χ4n) is 3.00. The highest BCUT2D eigenvalue weighted by molar-refractivity contribution is 7.15. The molecule has 3 aromatic rings. The summed E-state index contributed by atoms with van der Waals surface area (Å²) in [4.78, 5) is 17.9.